The molecular formula is C9H7N3O4. The minimum absolute atomic E-state index is 0.0852. The number of nitrogens with zero attached hydrogens (tertiary/aromatic N) is 2. The number of anilines is 1. The minimum atomic E-state index is -0.528. The summed E-state index contributed by atoms with van der Waals surface area (Å²) in [4.78, 5) is 20.8. The van der Waals surface area contributed by atoms with Crippen LogP contribution in [0.3, 0.4) is 0 Å². The molecule has 7 heteroatoms. The van der Waals surface area contributed by atoms with E-state index in [0.29, 0.717) is 5.39 Å². The fourth-order valence-corrected chi connectivity index (χ4v) is 1.30. The number of nitrogens with one attached hydrogen (secondary N) is 1. The summed E-state index contributed by atoms with van der Waals surface area (Å²) in [5.41, 5.74) is 0.177. The Balaban J connectivity index is 2.50. The topological polar surface area (TPSA) is 98.3 Å². The van der Waals surface area contributed by atoms with Gasteiger partial charge in [-0.05, 0) is 6.07 Å². The largest absolute Gasteiger partial charge is 0.354 e. The number of hydrogen-bond donors (Lipinski definition) is 1. The van der Waals surface area contributed by atoms with Crippen molar-refractivity contribution in [2.24, 2.45) is 0 Å². The Morgan fingerprint density at radius 2 is 2.31 bits per heavy atom. The monoisotopic (exact) mass is 221 g/mol. The molecule has 0 bridgehead atoms. The summed E-state index contributed by atoms with van der Waals surface area (Å²) in [6.45, 7) is 1.34. The van der Waals surface area contributed by atoms with Gasteiger partial charge in [0, 0.05) is 13.0 Å². The first-order valence-corrected chi connectivity index (χ1v) is 4.39. The first kappa shape index (κ1) is 10.1. The van der Waals surface area contributed by atoms with Crippen LogP contribution in [-0.4, -0.2) is 16.0 Å². The predicted molar refractivity (Wildman–Crippen MR) is 55.0 cm³/mol. The van der Waals surface area contributed by atoms with Crippen LogP contribution in [0, 0.1) is 10.1 Å². The van der Waals surface area contributed by atoms with Crippen LogP contribution in [0.5, 0.6) is 0 Å². The number of carbonyl (C=O) groups is 1. The molecule has 1 heterocycles. The van der Waals surface area contributed by atoms with Gasteiger partial charge in [-0.3, -0.25) is 14.9 Å². The van der Waals surface area contributed by atoms with Crippen molar-refractivity contribution in [1.82, 2.24) is 5.16 Å². The Morgan fingerprint density at radius 3 is 2.94 bits per heavy atom. The number of nitro benzene ring substituents is 1. The molecule has 0 aliphatic carbocycles. The molecule has 2 aromatic rings. The highest BCUT2D eigenvalue weighted by molar-refractivity contribution is 5.98. The molecule has 16 heavy (non-hydrogen) atoms. The van der Waals surface area contributed by atoms with E-state index >= 15 is 0 Å². The van der Waals surface area contributed by atoms with Crippen LogP contribution in [0.4, 0.5) is 11.5 Å². The van der Waals surface area contributed by atoms with E-state index in [2.05, 4.69) is 10.5 Å². The predicted octanol–water partition coefficient (Wildman–Crippen LogP) is 1.69. The smallest absolute Gasteiger partial charge is 0.273 e. The molecule has 7 nitrogen and oxygen atoms in total. The number of amides is 1. The molecule has 0 saturated heterocycles. The molecule has 1 aromatic heterocycles. The Morgan fingerprint density at radius 1 is 1.56 bits per heavy atom. The van der Waals surface area contributed by atoms with Gasteiger partial charge in [-0.25, -0.2) is 0 Å². The average molecular weight is 221 g/mol. The first-order valence-electron chi connectivity index (χ1n) is 4.39. The number of rotatable bonds is 2. The standard InChI is InChI=1S/C9H7N3O4/c1-5(13)10-9-7-3-2-6(12(14)15)4-8(7)16-11-9/h2-4H,1H3,(H,10,11,13). The number of non-ortho nitro benzene ring substituents is 1. The molecule has 1 aromatic carbocycles. The van der Waals surface area contributed by atoms with Crippen LogP contribution < -0.4 is 5.32 Å². The normalized spacial score (nSPS) is 10.3. The van der Waals surface area contributed by atoms with Crippen molar-refractivity contribution in [3.8, 4) is 0 Å². The highest BCUT2D eigenvalue weighted by Crippen LogP contribution is 2.26. The van der Waals surface area contributed by atoms with E-state index < -0.39 is 4.92 Å². The lowest BCUT2D eigenvalue weighted by atomic mass is 10.2. The Labute approximate surface area is 89.2 Å². The van der Waals surface area contributed by atoms with Gasteiger partial charge >= 0.3 is 0 Å². The number of hydrogen-bond acceptors (Lipinski definition) is 5. The second kappa shape index (κ2) is 3.61. The summed E-state index contributed by atoms with van der Waals surface area (Å²) in [6.07, 6.45) is 0. The van der Waals surface area contributed by atoms with Gasteiger partial charge in [-0.15, -0.1) is 0 Å². The third-order valence-corrected chi connectivity index (χ3v) is 1.96. The molecule has 0 saturated carbocycles. The minimum Gasteiger partial charge on any atom is -0.354 e. The molecule has 0 aliphatic heterocycles. The zero-order valence-corrected chi connectivity index (χ0v) is 8.26. The highest BCUT2D eigenvalue weighted by atomic mass is 16.6. The maximum Gasteiger partial charge on any atom is 0.273 e. The van der Waals surface area contributed by atoms with Crippen molar-refractivity contribution in [3.05, 3.63) is 28.3 Å². The summed E-state index contributed by atoms with van der Waals surface area (Å²) >= 11 is 0. The van der Waals surface area contributed by atoms with Crippen LogP contribution in [0.15, 0.2) is 22.7 Å². The molecule has 0 atom stereocenters. The van der Waals surface area contributed by atoms with Gasteiger partial charge < -0.3 is 9.84 Å². The van der Waals surface area contributed by atoms with E-state index in [1.807, 2.05) is 0 Å². The number of fused-ring (bicyclic) bond motifs is 1. The fourth-order valence-electron chi connectivity index (χ4n) is 1.30. The molecule has 82 valence electrons. The lowest BCUT2D eigenvalue weighted by Crippen LogP contribution is -2.05. The van der Waals surface area contributed by atoms with Crippen LogP contribution >= 0.6 is 0 Å². The van der Waals surface area contributed by atoms with Gasteiger partial charge in [-0.2, -0.15) is 0 Å². The zero-order chi connectivity index (χ0) is 11.7. The summed E-state index contributed by atoms with van der Waals surface area (Å²) < 4.78 is 4.87. The Kier molecular flexibility index (Phi) is 2.28. The molecule has 0 spiro atoms. The molecule has 2 rings (SSSR count). The molecule has 0 radical (unpaired) electrons. The van der Waals surface area contributed by atoms with Crippen LogP contribution in [0.25, 0.3) is 11.0 Å². The quantitative estimate of drug-likeness (QED) is 0.614. The van der Waals surface area contributed by atoms with Crippen molar-refractivity contribution >= 4 is 28.4 Å². The molecule has 0 aliphatic rings. The summed E-state index contributed by atoms with van der Waals surface area (Å²) in [6, 6.07) is 4.06. The van der Waals surface area contributed by atoms with E-state index in [-0.39, 0.29) is 23.0 Å². The number of nitro groups is 1. The second-order valence-electron chi connectivity index (χ2n) is 3.15. The SMILES string of the molecule is CC(=O)Nc1noc2cc([N+](=O)[O-])ccc12. The number of aromatic nitrogens is 1. The van der Waals surface area contributed by atoms with Crippen LogP contribution in [0.1, 0.15) is 6.92 Å². The van der Waals surface area contributed by atoms with Gasteiger partial charge in [0.1, 0.15) is 0 Å². The van der Waals surface area contributed by atoms with Crippen molar-refractivity contribution in [2.45, 2.75) is 6.92 Å². The Hall–Kier alpha value is -2.44. The number of carbonyl (C=O) groups excluding carboxylic acids is 1. The average Bonchev–Trinajstić information content (AvgIpc) is 2.60. The lowest BCUT2D eigenvalue weighted by Gasteiger charge is -1.94. The Bertz CT molecular complexity index is 575. The molecular weight excluding hydrogens is 214 g/mol. The molecule has 0 unspecified atom stereocenters. The van der Waals surface area contributed by atoms with Crippen molar-refractivity contribution < 1.29 is 14.2 Å². The highest BCUT2D eigenvalue weighted by Gasteiger charge is 2.13. The summed E-state index contributed by atoms with van der Waals surface area (Å²) in [5.74, 6) is -0.0223. The van der Waals surface area contributed by atoms with Crippen LogP contribution in [0.2, 0.25) is 0 Å². The fraction of sp³-hybridized carbons (Fsp3) is 0.111. The first-order chi connectivity index (χ1) is 7.58. The third-order valence-electron chi connectivity index (χ3n) is 1.96. The van der Waals surface area contributed by atoms with Gasteiger partial charge in [0.2, 0.25) is 5.91 Å². The van der Waals surface area contributed by atoms with E-state index in [1.54, 1.807) is 0 Å². The van der Waals surface area contributed by atoms with Crippen molar-refractivity contribution in [2.75, 3.05) is 5.32 Å². The van der Waals surface area contributed by atoms with Crippen molar-refractivity contribution in [3.63, 3.8) is 0 Å². The summed E-state index contributed by atoms with van der Waals surface area (Å²) in [5, 5.41) is 17.1. The molecule has 1 N–H and O–H groups in total. The zero-order valence-electron chi connectivity index (χ0n) is 8.26. The van der Waals surface area contributed by atoms with Crippen molar-refractivity contribution in [1.29, 1.82) is 0 Å². The van der Waals surface area contributed by atoms with Gasteiger partial charge in [0.15, 0.2) is 11.4 Å². The number of benzene rings is 1. The van der Waals surface area contributed by atoms with E-state index in [1.165, 1.54) is 25.1 Å². The third kappa shape index (κ3) is 1.70. The van der Waals surface area contributed by atoms with Gasteiger partial charge in [-0.1, -0.05) is 5.16 Å². The van der Waals surface area contributed by atoms with E-state index in [4.69, 9.17) is 4.52 Å². The maximum atomic E-state index is 10.8. The maximum absolute atomic E-state index is 10.8. The summed E-state index contributed by atoms with van der Waals surface area (Å²) in [7, 11) is 0. The second-order valence-corrected chi connectivity index (χ2v) is 3.15. The van der Waals surface area contributed by atoms with Crippen LogP contribution in [-0.2, 0) is 4.79 Å². The lowest BCUT2D eigenvalue weighted by molar-refractivity contribution is -0.384. The van der Waals surface area contributed by atoms with E-state index in [9.17, 15) is 14.9 Å². The molecule has 1 amide bonds. The van der Waals surface area contributed by atoms with E-state index in [0.717, 1.165) is 0 Å². The molecule has 0 fully saturated rings. The van der Waals surface area contributed by atoms with Gasteiger partial charge in [0.25, 0.3) is 5.69 Å². The van der Waals surface area contributed by atoms with Gasteiger partial charge in [0.05, 0.1) is 16.4 Å².